The van der Waals surface area contributed by atoms with E-state index in [1.165, 1.54) is 13.0 Å². The lowest BCUT2D eigenvalue weighted by Crippen LogP contribution is -2.20. The molecule has 170 valence electrons. The molecule has 0 spiro atoms. The first-order valence-electron chi connectivity index (χ1n) is 10.3. The van der Waals surface area contributed by atoms with Crippen LogP contribution in [0.2, 0.25) is 0 Å². The molecule has 2 amide bonds. The first kappa shape index (κ1) is 23.3. The highest BCUT2D eigenvalue weighted by atomic mass is 16.5. The van der Waals surface area contributed by atoms with E-state index in [-0.39, 0.29) is 18.4 Å². The molecule has 0 atom stereocenters. The molecule has 0 aliphatic rings. The summed E-state index contributed by atoms with van der Waals surface area (Å²) in [5.74, 6) is 0.201. The van der Waals surface area contributed by atoms with Gasteiger partial charge in [-0.2, -0.15) is 0 Å². The van der Waals surface area contributed by atoms with Gasteiger partial charge >= 0.3 is 5.97 Å². The normalized spacial score (nSPS) is 10.1. The summed E-state index contributed by atoms with van der Waals surface area (Å²) < 4.78 is 16.0. The van der Waals surface area contributed by atoms with Crippen LogP contribution >= 0.6 is 0 Å². The van der Waals surface area contributed by atoms with E-state index in [2.05, 4.69) is 10.6 Å². The number of rotatable bonds is 9. The molecule has 8 nitrogen and oxygen atoms in total. The van der Waals surface area contributed by atoms with Gasteiger partial charge in [0.15, 0.2) is 18.1 Å². The van der Waals surface area contributed by atoms with Gasteiger partial charge in [0.2, 0.25) is 0 Å². The minimum absolute atomic E-state index is 0.179. The van der Waals surface area contributed by atoms with Crippen molar-refractivity contribution >= 4 is 29.2 Å². The Morgan fingerprint density at radius 3 is 2.06 bits per heavy atom. The molecule has 2 N–H and O–H groups in total. The number of anilines is 2. The summed E-state index contributed by atoms with van der Waals surface area (Å²) in [5.41, 5.74) is 1.44. The third-order valence-corrected chi connectivity index (χ3v) is 4.29. The Labute approximate surface area is 191 Å². The van der Waals surface area contributed by atoms with Gasteiger partial charge in [0.25, 0.3) is 11.8 Å². The predicted molar refractivity (Wildman–Crippen MR) is 124 cm³/mol. The van der Waals surface area contributed by atoms with Gasteiger partial charge < -0.3 is 24.8 Å². The Hall–Kier alpha value is -4.33. The first-order valence-corrected chi connectivity index (χ1v) is 10.3. The Kier molecular flexibility index (Phi) is 8.02. The van der Waals surface area contributed by atoms with Crippen molar-refractivity contribution in [1.82, 2.24) is 0 Å². The molecule has 0 aliphatic heterocycles. The lowest BCUT2D eigenvalue weighted by Gasteiger charge is -2.12. The second-order valence-electron chi connectivity index (χ2n) is 6.87. The fraction of sp³-hybridized carbons (Fsp3) is 0.160. The molecule has 3 aromatic rings. The number of carbonyl (C=O) groups excluding carboxylic acids is 3. The Morgan fingerprint density at radius 2 is 1.42 bits per heavy atom. The van der Waals surface area contributed by atoms with Gasteiger partial charge in [0.05, 0.1) is 6.61 Å². The third-order valence-electron chi connectivity index (χ3n) is 4.29. The summed E-state index contributed by atoms with van der Waals surface area (Å²) in [5, 5.41) is 5.49. The minimum atomic E-state index is -0.464. The van der Waals surface area contributed by atoms with Gasteiger partial charge in [0, 0.05) is 23.9 Å². The smallest absolute Gasteiger partial charge is 0.308 e. The fourth-order valence-corrected chi connectivity index (χ4v) is 2.89. The van der Waals surface area contributed by atoms with E-state index in [0.29, 0.717) is 40.8 Å². The highest BCUT2D eigenvalue weighted by Gasteiger charge is 2.10. The number of para-hydroxylation sites is 2. The molecule has 33 heavy (non-hydrogen) atoms. The molecule has 0 fully saturated rings. The SMILES string of the molecule is CCOc1ccccc1OCC(=O)Nc1ccc(NC(=O)c2cccc(OC(C)=O)c2)cc1. The van der Waals surface area contributed by atoms with Crippen LogP contribution in [0.4, 0.5) is 11.4 Å². The van der Waals surface area contributed by atoms with Crippen molar-refractivity contribution in [2.75, 3.05) is 23.8 Å². The number of esters is 1. The minimum Gasteiger partial charge on any atom is -0.490 e. The van der Waals surface area contributed by atoms with Crippen molar-refractivity contribution < 1.29 is 28.6 Å². The maximum atomic E-state index is 12.5. The number of benzene rings is 3. The van der Waals surface area contributed by atoms with Gasteiger partial charge in [-0.3, -0.25) is 14.4 Å². The molecule has 3 aromatic carbocycles. The topological polar surface area (TPSA) is 103 Å². The Morgan fingerprint density at radius 1 is 0.788 bits per heavy atom. The van der Waals surface area contributed by atoms with Crippen LogP contribution in [-0.2, 0) is 9.59 Å². The van der Waals surface area contributed by atoms with Gasteiger partial charge in [-0.05, 0) is 61.5 Å². The molecule has 0 heterocycles. The molecular formula is C25H24N2O6. The number of carbonyl (C=O) groups is 3. The van der Waals surface area contributed by atoms with Crippen LogP contribution in [0.5, 0.6) is 17.2 Å². The summed E-state index contributed by atoms with van der Waals surface area (Å²) >= 11 is 0. The average Bonchev–Trinajstić information content (AvgIpc) is 2.80. The predicted octanol–water partition coefficient (Wildman–Crippen LogP) is 4.28. The average molecular weight is 448 g/mol. The van der Waals surface area contributed by atoms with Crippen LogP contribution in [0.1, 0.15) is 24.2 Å². The summed E-state index contributed by atoms with van der Waals surface area (Å²) in [7, 11) is 0. The third kappa shape index (κ3) is 7.10. The number of nitrogens with one attached hydrogen (secondary N) is 2. The second-order valence-corrected chi connectivity index (χ2v) is 6.87. The summed E-state index contributed by atoms with van der Waals surface area (Å²) in [6.45, 7) is 3.48. The Bertz CT molecular complexity index is 1130. The molecule has 8 heteroatoms. The van der Waals surface area contributed by atoms with Crippen LogP contribution in [0.3, 0.4) is 0 Å². The first-order chi connectivity index (χ1) is 15.9. The molecule has 0 unspecified atom stereocenters. The number of hydrogen-bond donors (Lipinski definition) is 2. The van der Waals surface area contributed by atoms with E-state index in [0.717, 1.165) is 0 Å². The number of amides is 2. The van der Waals surface area contributed by atoms with Crippen molar-refractivity contribution in [2.24, 2.45) is 0 Å². The summed E-state index contributed by atoms with van der Waals surface area (Å²) in [6.07, 6.45) is 0. The van der Waals surface area contributed by atoms with Gasteiger partial charge in [0.1, 0.15) is 5.75 Å². The van der Waals surface area contributed by atoms with Crippen molar-refractivity contribution in [3.8, 4) is 17.2 Å². The molecular weight excluding hydrogens is 424 g/mol. The van der Waals surface area contributed by atoms with E-state index in [9.17, 15) is 14.4 Å². The van der Waals surface area contributed by atoms with Crippen LogP contribution in [-0.4, -0.2) is 31.0 Å². The van der Waals surface area contributed by atoms with Gasteiger partial charge in [-0.15, -0.1) is 0 Å². The highest BCUT2D eigenvalue weighted by Crippen LogP contribution is 2.26. The zero-order chi connectivity index (χ0) is 23.6. The number of hydrogen-bond acceptors (Lipinski definition) is 6. The van der Waals surface area contributed by atoms with Crippen LogP contribution in [0, 0.1) is 0 Å². The van der Waals surface area contributed by atoms with Crippen LogP contribution < -0.4 is 24.8 Å². The van der Waals surface area contributed by atoms with Crippen molar-refractivity contribution in [1.29, 1.82) is 0 Å². The molecule has 3 rings (SSSR count). The zero-order valence-electron chi connectivity index (χ0n) is 18.3. The number of ether oxygens (including phenoxy) is 3. The van der Waals surface area contributed by atoms with E-state index < -0.39 is 5.97 Å². The lowest BCUT2D eigenvalue weighted by atomic mass is 10.2. The molecule has 0 aliphatic carbocycles. The quantitative estimate of drug-likeness (QED) is 0.374. The van der Waals surface area contributed by atoms with Crippen LogP contribution in [0.25, 0.3) is 0 Å². The standard InChI is InChI=1S/C25H24N2O6/c1-3-31-22-9-4-5-10-23(22)32-16-24(29)26-19-11-13-20(14-12-19)27-25(30)18-7-6-8-21(15-18)33-17(2)28/h4-15H,3,16H2,1-2H3,(H,26,29)(H,27,30). The summed E-state index contributed by atoms with van der Waals surface area (Å²) in [6, 6.07) is 20.1. The zero-order valence-corrected chi connectivity index (χ0v) is 18.3. The van der Waals surface area contributed by atoms with E-state index in [4.69, 9.17) is 14.2 Å². The molecule has 0 aromatic heterocycles. The molecule has 0 saturated carbocycles. The van der Waals surface area contributed by atoms with E-state index in [1.807, 2.05) is 13.0 Å². The van der Waals surface area contributed by atoms with Gasteiger partial charge in [-0.25, -0.2) is 0 Å². The van der Waals surface area contributed by atoms with E-state index in [1.54, 1.807) is 60.7 Å². The van der Waals surface area contributed by atoms with Crippen molar-refractivity contribution in [2.45, 2.75) is 13.8 Å². The molecule has 0 saturated heterocycles. The Balaban J connectivity index is 1.53. The second kappa shape index (κ2) is 11.3. The van der Waals surface area contributed by atoms with Crippen molar-refractivity contribution in [3.05, 3.63) is 78.4 Å². The van der Waals surface area contributed by atoms with Crippen molar-refractivity contribution in [3.63, 3.8) is 0 Å². The summed E-state index contributed by atoms with van der Waals surface area (Å²) in [4.78, 5) is 35.8. The monoisotopic (exact) mass is 448 g/mol. The molecule has 0 bridgehead atoms. The highest BCUT2D eigenvalue weighted by molar-refractivity contribution is 6.04. The van der Waals surface area contributed by atoms with Gasteiger partial charge in [-0.1, -0.05) is 18.2 Å². The van der Waals surface area contributed by atoms with Crippen LogP contribution in [0.15, 0.2) is 72.8 Å². The fourth-order valence-electron chi connectivity index (χ4n) is 2.89. The maximum absolute atomic E-state index is 12.5. The maximum Gasteiger partial charge on any atom is 0.308 e. The lowest BCUT2D eigenvalue weighted by molar-refractivity contribution is -0.131. The molecule has 0 radical (unpaired) electrons. The van der Waals surface area contributed by atoms with E-state index >= 15 is 0 Å². The largest absolute Gasteiger partial charge is 0.490 e.